The van der Waals surface area contributed by atoms with E-state index in [0.29, 0.717) is 17.7 Å². The van der Waals surface area contributed by atoms with Gasteiger partial charge in [-0.05, 0) is 37.1 Å². The number of benzene rings is 2. The molecule has 0 aromatic heterocycles. The first-order chi connectivity index (χ1) is 14.9. The molecule has 2 atom stereocenters. The lowest BCUT2D eigenvalue weighted by Crippen LogP contribution is -2.54. The van der Waals surface area contributed by atoms with Gasteiger partial charge < -0.3 is 10.2 Å². The summed E-state index contributed by atoms with van der Waals surface area (Å²) in [4.78, 5) is 53.4. The molecule has 1 fully saturated rings. The molecule has 3 aliphatic rings. The molecule has 8 heteroatoms. The number of amides is 4. The summed E-state index contributed by atoms with van der Waals surface area (Å²) in [6.07, 6.45) is 0.250. The van der Waals surface area contributed by atoms with Crippen LogP contribution < -0.4 is 15.5 Å². The van der Waals surface area contributed by atoms with Gasteiger partial charge in [0.1, 0.15) is 6.04 Å². The van der Waals surface area contributed by atoms with Crippen molar-refractivity contribution in [3.05, 3.63) is 59.2 Å². The summed E-state index contributed by atoms with van der Waals surface area (Å²) in [5, 5.41) is 5.69. The third-order valence-electron chi connectivity index (χ3n) is 6.06. The van der Waals surface area contributed by atoms with Gasteiger partial charge in [-0.25, -0.2) is 0 Å². The van der Waals surface area contributed by atoms with Crippen LogP contribution in [0.4, 0.5) is 11.4 Å². The molecule has 4 amide bonds. The number of para-hydroxylation sites is 2. The minimum absolute atomic E-state index is 0.103. The van der Waals surface area contributed by atoms with E-state index in [1.54, 1.807) is 12.1 Å². The minimum atomic E-state index is -0.960. The lowest BCUT2D eigenvalue weighted by atomic mass is 10.0. The summed E-state index contributed by atoms with van der Waals surface area (Å²) in [5.74, 6) is -1.94. The maximum atomic E-state index is 13.3. The van der Waals surface area contributed by atoms with E-state index in [1.165, 1.54) is 0 Å². The van der Waals surface area contributed by atoms with Crippen molar-refractivity contribution < 1.29 is 19.2 Å². The molecule has 0 radical (unpaired) electrons. The van der Waals surface area contributed by atoms with Gasteiger partial charge in [0, 0.05) is 25.6 Å². The van der Waals surface area contributed by atoms with Gasteiger partial charge in [-0.2, -0.15) is 0 Å². The van der Waals surface area contributed by atoms with Crippen molar-refractivity contribution in [3.8, 4) is 0 Å². The lowest BCUT2D eigenvalue weighted by molar-refractivity contribution is -0.136. The molecule has 31 heavy (non-hydrogen) atoms. The van der Waals surface area contributed by atoms with Crippen LogP contribution in [0.15, 0.2) is 42.5 Å². The summed E-state index contributed by atoms with van der Waals surface area (Å²) >= 11 is 0. The Morgan fingerprint density at radius 1 is 1.00 bits per heavy atom. The summed E-state index contributed by atoms with van der Waals surface area (Å²) < 4.78 is 0. The predicted molar refractivity (Wildman–Crippen MR) is 114 cm³/mol. The minimum Gasteiger partial charge on any atom is -0.379 e. The zero-order valence-corrected chi connectivity index (χ0v) is 17.1. The molecule has 2 aromatic rings. The van der Waals surface area contributed by atoms with Gasteiger partial charge in [-0.15, -0.1) is 0 Å². The highest BCUT2D eigenvalue weighted by Gasteiger charge is 2.45. The smallest absolute Gasteiger partial charge is 0.262 e. The largest absolute Gasteiger partial charge is 0.379 e. The van der Waals surface area contributed by atoms with Crippen molar-refractivity contribution >= 4 is 35.0 Å². The number of rotatable bonds is 3. The van der Waals surface area contributed by atoms with Gasteiger partial charge in [-0.3, -0.25) is 29.4 Å². The number of hydrogen-bond acceptors (Lipinski definition) is 6. The fourth-order valence-electron chi connectivity index (χ4n) is 4.68. The molecule has 5 rings (SSSR count). The molecular formula is C23H22N4O4. The average molecular weight is 418 g/mol. The van der Waals surface area contributed by atoms with Gasteiger partial charge in [0.05, 0.1) is 22.5 Å². The SMILES string of the molecule is CC1CN(Cc2cccc3c2C(=O)N(C2CCC(=O)NC2=O)C3=O)c2ccccc2N1. The molecule has 0 bridgehead atoms. The second-order valence-corrected chi connectivity index (χ2v) is 8.23. The zero-order chi connectivity index (χ0) is 21.7. The second-order valence-electron chi connectivity index (χ2n) is 8.23. The van der Waals surface area contributed by atoms with E-state index in [4.69, 9.17) is 0 Å². The van der Waals surface area contributed by atoms with Crippen molar-refractivity contribution in [3.63, 3.8) is 0 Å². The maximum absolute atomic E-state index is 13.3. The van der Waals surface area contributed by atoms with E-state index in [9.17, 15) is 19.2 Å². The average Bonchev–Trinajstić information content (AvgIpc) is 2.99. The number of piperidine rings is 1. The molecular weight excluding hydrogens is 396 g/mol. The van der Waals surface area contributed by atoms with Crippen molar-refractivity contribution in [2.45, 2.75) is 38.4 Å². The van der Waals surface area contributed by atoms with E-state index in [1.807, 2.05) is 30.3 Å². The van der Waals surface area contributed by atoms with Gasteiger partial charge in [0.25, 0.3) is 11.8 Å². The van der Waals surface area contributed by atoms with Crippen LogP contribution in [-0.4, -0.2) is 47.2 Å². The highest BCUT2D eigenvalue weighted by Crippen LogP contribution is 2.34. The Morgan fingerprint density at radius 2 is 1.81 bits per heavy atom. The quantitative estimate of drug-likeness (QED) is 0.739. The van der Waals surface area contributed by atoms with Gasteiger partial charge >= 0.3 is 0 Å². The van der Waals surface area contributed by atoms with E-state index in [2.05, 4.69) is 22.5 Å². The van der Waals surface area contributed by atoms with E-state index < -0.39 is 23.8 Å². The van der Waals surface area contributed by atoms with Crippen molar-refractivity contribution in [1.29, 1.82) is 0 Å². The molecule has 3 aliphatic heterocycles. The topological polar surface area (TPSA) is 98.8 Å². The van der Waals surface area contributed by atoms with Crippen molar-refractivity contribution in [2.24, 2.45) is 0 Å². The number of nitrogens with zero attached hydrogens (tertiary/aromatic N) is 2. The number of anilines is 2. The molecule has 1 saturated heterocycles. The third kappa shape index (κ3) is 3.15. The Balaban J connectivity index is 1.48. The first kappa shape index (κ1) is 19.3. The Labute approximate surface area is 179 Å². The van der Waals surface area contributed by atoms with Crippen LogP contribution in [0.2, 0.25) is 0 Å². The molecule has 3 heterocycles. The highest BCUT2D eigenvalue weighted by molar-refractivity contribution is 6.24. The maximum Gasteiger partial charge on any atom is 0.262 e. The van der Waals surface area contributed by atoms with Crippen LogP contribution in [0, 0.1) is 0 Å². The zero-order valence-electron chi connectivity index (χ0n) is 17.1. The number of hydrogen-bond donors (Lipinski definition) is 2. The van der Waals surface area contributed by atoms with Crippen LogP contribution in [0.1, 0.15) is 46.0 Å². The highest BCUT2D eigenvalue weighted by atomic mass is 16.2. The number of imide groups is 2. The summed E-state index contributed by atoms with van der Waals surface area (Å²) in [6, 6.07) is 12.5. The van der Waals surface area contributed by atoms with Crippen LogP contribution >= 0.6 is 0 Å². The van der Waals surface area contributed by atoms with Crippen LogP contribution in [0.25, 0.3) is 0 Å². The van der Waals surface area contributed by atoms with Gasteiger partial charge in [0.2, 0.25) is 11.8 Å². The fraction of sp³-hybridized carbons (Fsp3) is 0.304. The lowest BCUT2D eigenvalue weighted by Gasteiger charge is -2.36. The predicted octanol–water partition coefficient (Wildman–Crippen LogP) is 1.91. The number of fused-ring (bicyclic) bond motifs is 2. The van der Waals surface area contributed by atoms with Gasteiger partial charge in [0.15, 0.2) is 0 Å². The molecule has 2 aromatic carbocycles. The Bertz CT molecular complexity index is 1130. The van der Waals surface area contributed by atoms with Crippen molar-refractivity contribution in [1.82, 2.24) is 10.2 Å². The number of carbonyl (C=O) groups excluding carboxylic acids is 4. The summed E-state index contributed by atoms with van der Waals surface area (Å²) in [7, 11) is 0. The summed E-state index contributed by atoms with van der Waals surface area (Å²) in [6.45, 7) is 3.31. The van der Waals surface area contributed by atoms with Crippen LogP contribution in [-0.2, 0) is 16.1 Å². The molecule has 2 N–H and O–H groups in total. The van der Waals surface area contributed by atoms with Crippen LogP contribution in [0.5, 0.6) is 0 Å². The fourth-order valence-corrected chi connectivity index (χ4v) is 4.68. The molecule has 8 nitrogen and oxygen atoms in total. The van der Waals surface area contributed by atoms with Gasteiger partial charge in [-0.1, -0.05) is 24.3 Å². The monoisotopic (exact) mass is 418 g/mol. The first-order valence-electron chi connectivity index (χ1n) is 10.4. The van der Waals surface area contributed by atoms with Crippen LogP contribution in [0.3, 0.4) is 0 Å². The van der Waals surface area contributed by atoms with Crippen molar-refractivity contribution in [2.75, 3.05) is 16.8 Å². The Hall–Kier alpha value is -3.68. The normalized spacial score (nSPS) is 22.7. The summed E-state index contributed by atoms with van der Waals surface area (Å²) in [5.41, 5.74) is 3.47. The first-order valence-corrected chi connectivity index (χ1v) is 10.4. The number of carbonyl (C=O) groups is 4. The van der Waals surface area contributed by atoms with E-state index >= 15 is 0 Å². The van der Waals surface area contributed by atoms with E-state index in [-0.39, 0.29) is 24.8 Å². The molecule has 2 unspecified atom stereocenters. The Kier molecular flexibility index (Phi) is 4.50. The number of nitrogens with one attached hydrogen (secondary N) is 2. The molecule has 0 saturated carbocycles. The molecule has 0 aliphatic carbocycles. The molecule has 158 valence electrons. The third-order valence-corrected chi connectivity index (χ3v) is 6.06. The van der Waals surface area contributed by atoms with E-state index in [0.717, 1.165) is 28.4 Å². The second kappa shape index (κ2) is 7.23. The standard InChI is InChI=1S/C23H22N4O4/c1-13-11-26(17-8-3-2-7-16(17)24-13)12-14-5-4-6-15-20(14)23(31)27(22(15)30)18-9-10-19(28)25-21(18)29/h2-8,13,18,24H,9-12H2,1H3,(H,25,28,29). The Morgan fingerprint density at radius 3 is 2.61 bits per heavy atom. The molecule has 0 spiro atoms.